The number of nitrogens with one attached hydrogen (secondary N) is 1. The molecule has 2 atom stereocenters. The number of hydrogen-bond donors (Lipinski definition) is 2. The summed E-state index contributed by atoms with van der Waals surface area (Å²) in [5, 5.41) is 16.5. The van der Waals surface area contributed by atoms with Gasteiger partial charge in [-0.3, -0.25) is 4.79 Å². The van der Waals surface area contributed by atoms with Crippen molar-refractivity contribution in [2.75, 3.05) is 19.8 Å². The van der Waals surface area contributed by atoms with E-state index in [-0.39, 0.29) is 11.4 Å². The molecule has 2 fully saturated rings. The van der Waals surface area contributed by atoms with Gasteiger partial charge >= 0.3 is 6.18 Å². The van der Waals surface area contributed by atoms with E-state index in [2.05, 4.69) is 10.4 Å². The van der Waals surface area contributed by atoms with Gasteiger partial charge in [-0.15, -0.1) is 0 Å². The number of hydrogen-bond acceptors (Lipinski definition) is 4. The van der Waals surface area contributed by atoms with Gasteiger partial charge in [-0.05, 0) is 29.9 Å². The number of aromatic nitrogens is 2. The van der Waals surface area contributed by atoms with E-state index in [0.717, 1.165) is 16.9 Å². The van der Waals surface area contributed by atoms with Gasteiger partial charge in [0, 0.05) is 6.54 Å². The van der Waals surface area contributed by atoms with Crippen molar-refractivity contribution in [3.63, 3.8) is 0 Å². The second-order valence-electron chi connectivity index (χ2n) is 6.56. The van der Waals surface area contributed by atoms with Crippen LogP contribution in [0.5, 0.6) is 5.75 Å². The van der Waals surface area contributed by atoms with E-state index in [1.165, 1.54) is 18.2 Å². The molecule has 2 unspecified atom stereocenters. The molecule has 1 saturated heterocycles. The highest BCUT2D eigenvalue weighted by molar-refractivity contribution is 5.94. The van der Waals surface area contributed by atoms with Crippen LogP contribution in [0.2, 0.25) is 0 Å². The summed E-state index contributed by atoms with van der Waals surface area (Å²) in [6.07, 6.45) is -3.58. The van der Waals surface area contributed by atoms with Crippen molar-refractivity contribution in [3.05, 3.63) is 41.7 Å². The molecule has 2 aliphatic rings. The molecule has 0 spiro atoms. The number of nitrogens with zero attached hydrogens (tertiary/aromatic N) is 2. The van der Waals surface area contributed by atoms with Gasteiger partial charge in [0.25, 0.3) is 5.91 Å². The van der Waals surface area contributed by atoms with Crippen LogP contribution in [-0.2, 0) is 10.9 Å². The first-order chi connectivity index (χ1) is 12.4. The number of aromatic hydroxyl groups is 1. The monoisotopic (exact) mass is 367 g/mol. The number of halogens is 3. The summed E-state index contributed by atoms with van der Waals surface area (Å²) in [6, 6.07) is 4.83. The lowest BCUT2D eigenvalue weighted by Gasteiger charge is -2.12. The zero-order valence-electron chi connectivity index (χ0n) is 13.5. The maximum Gasteiger partial charge on any atom is 0.418 e. The molecular formula is C17H16F3N3O3. The predicted octanol–water partition coefficient (Wildman–Crippen LogP) is 2.22. The van der Waals surface area contributed by atoms with Crippen LogP contribution in [-0.4, -0.2) is 40.6 Å². The third-order valence-corrected chi connectivity index (χ3v) is 4.99. The minimum Gasteiger partial charge on any atom is -0.504 e. The number of ether oxygens (including phenoxy) is 1. The maximum absolute atomic E-state index is 13.1. The molecule has 0 radical (unpaired) electrons. The van der Waals surface area contributed by atoms with Crippen molar-refractivity contribution < 1.29 is 27.8 Å². The summed E-state index contributed by atoms with van der Waals surface area (Å²) >= 11 is 0. The SMILES string of the molecule is O=C(NCC1C2COCC12)c1nn(-c2ccccc2C(F)(F)F)cc1O. The molecule has 4 rings (SSSR count). The molecule has 1 saturated carbocycles. The average molecular weight is 367 g/mol. The molecule has 1 amide bonds. The summed E-state index contributed by atoms with van der Waals surface area (Å²) in [5.41, 5.74) is -1.47. The first-order valence-electron chi connectivity index (χ1n) is 8.17. The molecule has 9 heteroatoms. The highest BCUT2D eigenvalue weighted by Gasteiger charge is 2.53. The number of amides is 1. The summed E-state index contributed by atoms with van der Waals surface area (Å²) in [4.78, 5) is 12.2. The lowest BCUT2D eigenvalue weighted by molar-refractivity contribution is -0.137. The van der Waals surface area contributed by atoms with Crippen LogP contribution in [0.3, 0.4) is 0 Å². The lowest BCUT2D eigenvalue weighted by atomic mass is 10.2. The topological polar surface area (TPSA) is 76.4 Å². The van der Waals surface area contributed by atoms with E-state index in [9.17, 15) is 23.1 Å². The fourth-order valence-corrected chi connectivity index (χ4v) is 3.52. The van der Waals surface area contributed by atoms with Crippen molar-refractivity contribution in [3.8, 4) is 11.4 Å². The van der Waals surface area contributed by atoms with Crippen molar-refractivity contribution in [2.24, 2.45) is 17.8 Å². The average Bonchev–Trinajstić information content (AvgIpc) is 2.94. The van der Waals surface area contributed by atoms with Gasteiger partial charge in [0.15, 0.2) is 11.4 Å². The Hall–Kier alpha value is -2.55. The van der Waals surface area contributed by atoms with Gasteiger partial charge in [0.2, 0.25) is 0 Å². The van der Waals surface area contributed by atoms with Gasteiger partial charge in [0.1, 0.15) is 0 Å². The highest BCUT2D eigenvalue weighted by atomic mass is 19.4. The highest BCUT2D eigenvalue weighted by Crippen LogP contribution is 2.50. The largest absolute Gasteiger partial charge is 0.504 e. The van der Waals surface area contributed by atoms with E-state index >= 15 is 0 Å². The van der Waals surface area contributed by atoms with Crippen LogP contribution in [0.25, 0.3) is 5.69 Å². The van der Waals surface area contributed by atoms with Gasteiger partial charge in [-0.25, -0.2) is 4.68 Å². The van der Waals surface area contributed by atoms with Crippen molar-refractivity contribution in [1.82, 2.24) is 15.1 Å². The molecule has 1 aromatic carbocycles. The quantitative estimate of drug-likeness (QED) is 0.869. The molecule has 1 aliphatic carbocycles. The van der Waals surface area contributed by atoms with E-state index in [1.54, 1.807) is 0 Å². The minimum absolute atomic E-state index is 0.261. The first-order valence-corrected chi connectivity index (χ1v) is 8.17. The Kier molecular flexibility index (Phi) is 3.91. The standard InChI is InChI=1S/C17H16F3N3O3/c18-17(19,20)12-3-1-2-4-13(12)23-6-14(24)15(22-23)16(25)21-5-9-10-7-26-8-11(9)10/h1-4,6,9-11,24H,5,7-8H2,(H,21,25). The fourth-order valence-electron chi connectivity index (χ4n) is 3.52. The fraction of sp³-hybridized carbons (Fsp3) is 0.412. The normalized spacial score (nSPS) is 24.3. The van der Waals surface area contributed by atoms with Gasteiger partial charge in [-0.2, -0.15) is 18.3 Å². The predicted molar refractivity (Wildman–Crippen MR) is 83.9 cm³/mol. The van der Waals surface area contributed by atoms with Crippen LogP contribution in [0, 0.1) is 17.8 Å². The number of carbonyl (C=O) groups excluding carboxylic acids is 1. The Balaban J connectivity index is 1.52. The second-order valence-corrected chi connectivity index (χ2v) is 6.56. The van der Waals surface area contributed by atoms with Crippen LogP contribution < -0.4 is 5.32 Å². The van der Waals surface area contributed by atoms with Crippen molar-refractivity contribution >= 4 is 5.91 Å². The van der Waals surface area contributed by atoms with Crippen LogP contribution in [0.1, 0.15) is 16.1 Å². The number of benzene rings is 1. The van der Waals surface area contributed by atoms with Crippen molar-refractivity contribution in [1.29, 1.82) is 0 Å². The number of alkyl halides is 3. The molecule has 1 aromatic heterocycles. The molecule has 0 bridgehead atoms. The molecule has 2 heterocycles. The Morgan fingerprint density at radius 1 is 1.31 bits per heavy atom. The van der Waals surface area contributed by atoms with Gasteiger partial charge in [0.05, 0.1) is 30.7 Å². The number of para-hydroxylation sites is 1. The van der Waals surface area contributed by atoms with E-state index in [4.69, 9.17) is 4.74 Å². The Morgan fingerprint density at radius 2 is 2.00 bits per heavy atom. The van der Waals surface area contributed by atoms with E-state index < -0.39 is 23.4 Å². The van der Waals surface area contributed by atoms with Crippen LogP contribution in [0.4, 0.5) is 13.2 Å². The lowest BCUT2D eigenvalue weighted by Crippen LogP contribution is -2.27. The smallest absolute Gasteiger partial charge is 0.418 e. The first kappa shape index (κ1) is 16.9. The summed E-state index contributed by atoms with van der Waals surface area (Å²) in [6.45, 7) is 1.82. The van der Waals surface area contributed by atoms with E-state index in [0.29, 0.717) is 37.5 Å². The third kappa shape index (κ3) is 2.92. The zero-order valence-corrected chi connectivity index (χ0v) is 13.5. The van der Waals surface area contributed by atoms with Crippen molar-refractivity contribution in [2.45, 2.75) is 6.18 Å². The van der Waals surface area contributed by atoms with Crippen LogP contribution in [0.15, 0.2) is 30.5 Å². The van der Waals surface area contributed by atoms with E-state index in [1.807, 2.05) is 0 Å². The number of rotatable bonds is 4. The molecule has 26 heavy (non-hydrogen) atoms. The van der Waals surface area contributed by atoms with Gasteiger partial charge < -0.3 is 15.2 Å². The van der Waals surface area contributed by atoms with Gasteiger partial charge in [-0.1, -0.05) is 12.1 Å². The molecule has 6 nitrogen and oxygen atoms in total. The maximum atomic E-state index is 13.1. The van der Waals surface area contributed by atoms with Crippen LogP contribution >= 0.6 is 0 Å². The molecule has 2 N–H and O–H groups in total. The molecule has 1 aliphatic heterocycles. The molecule has 138 valence electrons. The molecular weight excluding hydrogens is 351 g/mol. The summed E-state index contributed by atoms with van der Waals surface area (Å²) in [7, 11) is 0. The minimum atomic E-state index is -4.58. The third-order valence-electron chi connectivity index (χ3n) is 4.99. The Bertz CT molecular complexity index is 839. The number of fused-ring (bicyclic) bond motifs is 1. The summed E-state index contributed by atoms with van der Waals surface area (Å²) in [5.74, 6) is 0.179. The zero-order chi connectivity index (χ0) is 18.5. The Morgan fingerprint density at radius 3 is 2.69 bits per heavy atom. The number of carbonyl (C=O) groups is 1. The Labute approximate surface area is 146 Å². The molecule has 2 aromatic rings. The second kappa shape index (κ2) is 6.01. The summed E-state index contributed by atoms with van der Waals surface area (Å²) < 4.78 is 45.6.